The molecule has 0 spiro atoms. The van der Waals surface area contributed by atoms with Crippen molar-refractivity contribution in [2.45, 2.75) is 13.8 Å². The number of rotatable bonds is 1. The van der Waals surface area contributed by atoms with E-state index >= 15 is 0 Å². The van der Waals surface area contributed by atoms with Crippen LogP contribution in [0.25, 0.3) is 0 Å². The summed E-state index contributed by atoms with van der Waals surface area (Å²) in [5, 5.41) is 12.0. The molecule has 1 rings (SSSR count). The summed E-state index contributed by atoms with van der Waals surface area (Å²) in [7, 11) is 0. The molecule has 0 fully saturated rings. The van der Waals surface area contributed by atoms with Crippen LogP contribution in [0.4, 0.5) is 5.69 Å². The van der Waals surface area contributed by atoms with Gasteiger partial charge in [0.2, 0.25) is 5.91 Å². The van der Waals surface area contributed by atoms with Crippen LogP contribution in [-0.2, 0) is 4.79 Å². The molecule has 0 atom stereocenters. The van der Waals surface area contributed by atoms with E-state index in [4.69, 9.17) is 0 Å². The van der Waals surface area contributed by atoms with Crippen LogP contribution < -0.4 is 5.32 Å². The fraction of sp³-hybridized carbons (Fsp3) is 0.222. The van der Waals surface area contributed by atoms with Gasteiger partial charge in [0.05, 0.1) is 10.2 Å². The molecule has 0 heterocycles. The van der Waals surface area contributed by atoms with Crippen LogP contribution >= 0.6 is 15.9 Å². The first-order valence-corrected chi connectivity index (χ1v) is 4.56. The predicted molar refractivity (Wildman–Crippen MR) is 54.8 cm³/mol. The molecule has 4 heteroatoms. The normalized spacial score (nSPS) is 9.77. The summed E-state index contributed by atoms with van der Waals surface area (Å²) < 4.78 is 0.580. The van der Waals surface area contributed by atoms with Gasteiger partial charge in [0.25, 0.3) is 0 Å². The zero-order valence-corrected chi connectivity index (χ0v) is 8.97. The Morgan fingerprint density at radius 2 is 2.15 bits per heavy atom. The lowest BCUT2D eigenvalue weighted by atomic mass is 10.2. The Morgan fingerprint density at radius 1 is 1.54 bits per heavy atom. The van der Waals surface area contributed by atoms with E-state index < -0.39 is 0 Å². The van der Waals surface area contributed by atoms with Gasteiger partial charge in [-0.15, -0.1) is 0 Å². The van der Waals surface area contributed by atoms with Crippen molar-refractivity contribution in [3.05, 3.63) is 22.2 Å². The Labute approximate surface area is 84.9 Å². The predicted octanol–water partition coefficient (Wildman–Crippen LogP) is 2.42. The highest BCUT2D eigenvalue weighted by Crippen LogP contribution is 2.33. The average Bonchev–Trinajstić information content (AvgIpc) is 1.98. The SMILES string of the molecule is CC(=O)Nc1cc(C)cc(Br)c1O. The van der Waals surface area contributed by atoms with Gasteiger partial charge in [0.1, 0.15) is 0 Å². The van der Waals surface area contributed by atoms with Crippen LogP contribution in [0.5, 0.6) is 5.75 Å². The molecule has 0 radical (unpaired) electrons. The topological polar surface area (TPSA) is 49.3 Å². The number of hydrogen-bond donors (Lipinski definition) is 2. The van der Waals surface area contributed by atoms with Gasteiger partial charge in [0, 0.05) is 6.92 Å². The smallest absolute Gasteiger partial charge is 0.221 e. The monoisotopic (exact) mass is 243 g/mol. The number of hydrogen-bond acceptors (Lipinski definition) is 2. The molecule has 70 valence electrons. The van der Waals surface area contributed by atoms with E-state index in [2.05, 4.69) is 21.2 Å². The van der Waals surface area contributed by atoms with Crippen molar-refractivity contribution in [3.63, 3.8) is 0 Å². The van der Waals surface area contributed by atoms with Gasteiger partial charge < -0.3 is 10.4 Å². The first-order valence-electron chi connectivity index (χ1n) is 3.77. The number of phenols is 1. The molecule has 0 aromatic heterocycles. The van der Waals surface area contributed by atoms with Crippen LogP contribution in [-0.4, -0.2) is 11.0 Å². The van der Waals surface area contributed by atoms with Crippen molar-refractivity contribution in [2.75, 3.05) is 5.32 Å². The standard InChI is InChI=1S/C9H10BrNO2/c1-5-3-7(10)9(13)8(4-5)11-6(2)12/h3-4,13H,1-2H3,(H,11,12). The first kappa shape index (κ1) is 10.1. The maximum absolute atomic E-state index is 10.8. The maximum Gasteiger partial charge on any atom is 0.221 e. The molecule has 13 heavy (non-hydrogen) atoms. The third-order valence-corrected chi connectivity index (χ3v) is 2.12. The number of phenolic OH excluding ortho intramolecular Hbond substituents is 1. The minimum Gasteiger partial charge on any atom is -0.505 e. The number of anilines is 1. The summed E-state index contributed by atoms with van der Waals surface area (Å²) in [6.07, 6.45) is 0. The lowest BCUT2D eigenvalue weighted by Crippen LogP contribution is -2.06. The third-order valence-electron chi connectivity index (χ3n) is 1.52. The second-order valence-corrected chi connectivity index (χ2v) is 3.68. The molecule has 0 bridgehead atoms. The van der Waals surface area contributed by atoms with Gasteiger partial charge in [-0.25, -0.2) is 0 Å². The molecule has 2 N–H and O–H groups in total. The Balaban J connectivity index is 3.12. The minimum atomic E-state index is -0.201. The van der Waals surface area contributed by atoms with E-state index in [1.165, 1.54) is 6.92 Å². The van der Waals surface area contributed by atoms with Crippen LogP contribution in [0.1, 0.15) is 12.5 Å². The second kappa shape index (κ2) is 3.79. The number of halogens is 1. The number of carbonyl (C=O) groups is 1. The molecule has 1 amide bonds. The summed E-state index contributed by atoms with van der Waals surface area (Å²) >= 11 is 3.19. The van der Waals surface area contributed by atoms with Crippen molar-refractivity contribution in [3.8, 4) is 5.75 Å². The highest BCUT2D eigenvalue weighted by molar-refractivity contribution is 9.10. The van der Waals surface area contributed by atoms with Gasteiger partial charge in [-0.2, -0.15) is 0 Å². The van der Waals surface area contributed by atoms with Crippen LogP contribution in [0, 0.1) is 6.92 Å². The molecule has 3 nitrogen and oxygen atoms in total. The van der Waals surface area contributed by atoms with Crippen LogP contribution in [0.15, 0.2) is 16.6 Å². The van der Waals surface area contributed by atoms with Gasteiger partial charge >= 0.3 is 0 Å². The van der Waals surface area contributed by atoms with E-state index in [0.29, 0.717) is 10.2 Å². The number of benzene rings is 1. The fourth-order valence-electron chi connectivity index (χ4n) is 1.02. The number of carbonyl (C=O) groups excluding carboxylic acids is 1. The zero-order valence-electron chi connectivity index (χ0n) is 7.39. The second-order valence-electron chi connectivity index (χ2n) is 2.82. The van der Waals surface area contributed by atoms with Crippen LogP contribution in [0.2, 0.25) is 0 Å². The number of aromatic hydroxyl groups is 1. The minimum absolute atomic E-state index is 0.0563. The Hall–Kier alpha value is -1.03. The molecule has 0 aliphatic carbocycles. The number of amides is 1. The Morgan fingerprint density at radius 3 is 2.69 bits per heavy atom. The summed E-state index contributed by atoms with van der Waals surface area (Å²) in [5.74, 6) is -0.145. The lowest BCUT2D eigenvalue weighted by molar-refractivity contribution is -0.114. The summed E-state index contributed by atoms with van der Waals surface area (Å²) in [5.41, 5.74) is 1.40. The molecule has 1 aromatic rings. The molecule has 0 saturated carbocycles. The molecule has 0 aliphatic heterocycles. The van der Waals surface area contributed by atoms with Gasteiger partial charge in [0.15, 0.2) is 5.75 Å². The first-order chi connectivity index (χ1) is 6.00. The third kappa shape index (κ3) is 2.45. The fourth-order valence-corrected chi connectivity index (χ4v) is 1.59. The van der Waals surface area contributed by atoms with E-state index in [9.17, 15) is 9.90 Å². The summed E-state index contributed by atoms with van der Waals surface area (Å²) in [4.78, 5) is 10.8. The van der Waals surface area contributed by atoms with Gasteiger partial charge in [-0.3, -0.25) is 4.79 Å². The largest absolute Gasteiger partial charge is 0.505 e. The number of nitrogens with one attached hydrogen (secondary N) is 1. The molecule has 0 saturated heterocycles. The van der Waals surface area contributed by atoms with E-state index in [1.54, 1.807) is 12.1 Å². The molecular weight excluding hydrogens is 234 g/mol. The van der Waals surface area contributed by atoms with Crippen molar-refractivity contribution in [1.29, 1.82) is 0 Å². The summed E-state index contributed by atoms with van der Waals surface area (Å²) in [6.45, 7) is 3.28. The molecule has 0 aliphatic rings. The van der Waals surface area contributed by atoms with Gasteiger partial charge in [-0.05, 0) is 40.5 Å². The van der Waals surface area contributed by atoms with Crippen molar-refractivity contribution in [2.24, 2.45) is 0 Å². The van der Waals surface area contributed by atoms with E-state index in [0.717, 1.165) is 5.56 Å². The lowest BCUT2D eigenvalue weighted by Gasteiger charge is -2.07. The van der Waals surface area contributed by atoms with Crippen molar-refractivity contribution in [1.82, 2.24) is 0 Å². The average molecular weight is 244 g/mol. The quantitative estimate of drug-likeness (QED) is 0.745. The van der Waals surface area contributed by atoms with Crippen LogP contribution in [0.3, 0.4) is 0 Å². The summed E-state index contributed by atoms with van der Waals surface area (Å²) in [6, 6.07) is 3.49. The molecule has 1 aromatic carbocycles. The number of aryl methyl sites for hydroxylation is 1. The van der Waals surface area contributed by atoms with E-state index in [1.807, 2.05) is 6.92 Å². The highest BCUT2D eigenvalue weighted by atomic mass is 79.9. The zero-order chi connectivity index (χ0) is 10.0. The van der Waals surface area contributed by atoms with E-state index in [-0.39, 0.29) is 11.7 Å². The maximum atomic E-state index is 10.8. The Kier molecular flexibility index (Phi) is 2.93. The van der Waals surface area contributed by atoms with Crippen molar-refractivity contribution < 1.29 is 9.90 Å². The van der Waals surface area contributed by atoms with Gasteiger partial charge in [-0.1, -0.05) is 0 Å². The molecular formula is C9H10BrNO2. The molecule has 0 unspecified atom stereocenters. The van der Waals surface area contributed by atoms with Crippen molar-refractivity contribution >= 4 is 27.5 Å². The highest BCUT2D eigenvalue weighted by Gasteiger charge is 2.07. The Bertz CT molecular complexity index is 350.